The third-order valence-electron chi connectivity index (χ3n) is 2.28. The molecule has 0 nitrogen and oxygen atoms in total. The molecule has 0 saturated carbocycles. The van der Waals surface area contributed by atoms with Gasteiger partial charge in [-0.15, -0.1) is 11.6 Å². The van der Waals surface area contributed by atoms with Crippen molar-refractivity contribution in [2.24, 2.45) is 11.8 Å². The second kappa shape index (κ2) is 7.67. The Hall–Kier alpha value is 0.290. The molecule has 0 saturated heterocycles. The summed E-state index contributed by atoms with van der Waals surface area (Å²) in [5.41, 5.74) is 0. The van der Waals surface area contributed by atoms with Crippen LogP contribution in [0.3, 0.4) is 0 Å². The highest BCUT2D eigenvalue weighted by Crippen LogP contribution is 2.18. The van der Waals surface area contributed by atoms with E-state index in [-0.39, 0.29) is 0 Å². The molecule has 0 aromatic carbocycles. The summed E-state index contributed by atoms with van der Waals surface area (Å²) in [6, 6.07) is 0. The van der Waals surface area contributed by atoms with Crippen LogP contribution >= 0.6 is 11.6 Å². The minimum atomic E-state index is 0.409. The molecule has 0 spiro atoms. The van der Waals surface area contributed by atoms with Crippen molar-refractivity contribution < 1.29 is 0 Å². The highest BCUT2D eigenvalue weighted by molar-refractivity contribution is 6.20. The van der Waals surface area contributed by atoms with Crippen LogP contribution < -0.4 is 0 Å². The highest BCUT2D eigenvalue weighted by Gasteiger charge is 2.06. The summed E-state index contributed by atoms with van der Waals surface area (Å²) >= 11 is 6.19. The van der Waals surface area contributed by atoms with Gasteiger partial charge < -0.3 is 0 Å². The van der Waals surface area contributed by atoms with E-state index in [1.54, 1.807) is 0 Å². The third-order valence-corrected chi connectivity index (χ3v) is 2.67. The third kappa shape index (κ3) is 10.2. The van der Waals surface area contributed by atoms with Crippen LogP contribution in [0.5, 0.6) is 0 Å². The van der Waals surface area contributed by atoms with Gasteiger partial charge in [0.15, 0.2) is 0 Å². The lowest BCUT2D eigenvalue weighted by Crippen LogP contribution is -2.03. The van der Waals surface area contributed by atoms with E-state index in [0.29, 0.717) is 5.38 Å². The van der Waals surface area contributed by atoms with Crippen LogP contribution in [0.15, 0.2) is 0 Å². The Morgan fingerprint density at radius 2 is 1.38 bits per heavy atom. The summed E-state index contributed by atoms with van der Waals surface area (Å²) < 4.78 is 0. The first kappa shape index (κ1) is 13.3. The van der Waals surface area contributed by atoms with E-state index in [0.717, 1.165) is 11.8 Å². The molecule has 13 heavy (non-hydrogen) atoms. The van der Waals surface area contributed by atoms with Crippen molar-refractivity contribution in [3.8, 4) is 0 Å². The average molecular weight is 205 g/mol. The van der Waals surface area contributed by atoms with Gasteiger partial charge in [0.2, 0.25) is 0 Å². The molecule has 0 rings (SSSR count). The average Bonchev–Trinajstić information content (AvgIpc) is 1.96. The maximum atomic E-state index is 6.19. The molecule has 1 heteroatoms. The monoisotopic (exact) mass is 204 g/mol. The van der Waals surface area contributed by atoms with Crippen LogP contribution in [-0.4, -0.2) is 5.38 Å². The van der Waals surface area contributed by atoms with Gasteiger partial charge in [0.25, 0.3) is 0 Å². The Balaban J connectivity index is 3.22. The van der Waals surface area contributed by atoms with Gasteiger partial charge in [-0.05, 0) is 24.7 Å². The Morgan fingerprint density at radius 1 is 0.846 bits per heavy atom. The molecule has 1 atom stereocenters. The van der Waals surface area contributed by atoms with Crippen LogP contribution in [0, 0.1) is 11.8 Å². The molecule has 0 aromatic rings. The lowest BCUT2D eigenvalue weighted by molar-refractivity contribution is 0.492. The maximum Gasteiger partial charge on any atom is 0.0338 e. The number of rotatable bonds is 7. The summed E-state index contributed by atoms with van der Waals surface area (Å²) in [7, 11) is 0. The van der Waals surface area contributed by atoms with Gasteiger partial charge >= 0.3 is 0 Å². The van der Waals surface area contributed by atoms with Crippen molar-refractivity contribution in [2.45, 2.75) is 65.2 Å². The fourth-order valence-electron chi connectivity index (χ4n) is 1.55. The zero-order chi connectivity index (χ0) is 10.3. The highest BCUT2D eigenvalue weighted by atomic mass is 35.5. The van der Waals surface area contributed by atoms with Gasteiger partial charge in [-0.25, -0.2) is 0 Å². The first-order valence-electron chi connectivity index (χ1n) is 5.66. The zero-order valence-corrected chi connectivity index (χ0v) is 10.4. The quantitative estimate of drug-likeness (QED) is 0.411. The van der Waals surface area contributed by atoms with Gasteiger partial charge in [0, 0.05) is 5.38 Å². The van der Waals surface area contributed by atoms with Crippen LogP contribution in [0.4, 0.5) is 0 Å². The fourth-order valence-corrected chi connectivity index (χ4v) is 2.06. The number of hydrogen-bond acceptors (Lipinski definition) is 0. The first-order valence-corrected chi connectivity index (χ1v) is 6.10. The lowest BCUT2D eigenvalue weighted by Gasteiger charge is -2.11. The van der Waals surface area contributed by atoms with E-state index in [1.807, 2.05) is 0 Å². The van der Waals surface area contributed by atoms with Gasteiger partial charge in [-0.1, -0.05) is 47.0 Å². The molecule has 0 radical (unpaired) electrons. The predicted molar refractivity (Wildman–Crippen MR) is 62.4 cm³/mol. The Labute approximate surface area is 89.1 Å². The van der Waals surface area contributed by atoms with Gasteiger partial charge in [0.1, 0.15) is 0 Å². The standard InChI is InChI=1S/C12H25Cl/c1-10(2)7-5-6-8-12(13)9-11(3)4/h10-12H,5-9H2,1-4H3. The minimum absolute atomic E-state index is 0.409. The van der Waals surface area contributed by atoms with Crippen LogP contribution in [-0.2, 0) is 0 Å². The molecule has 1 unspecified atom stereocenters. The molecule has 0 fully saturated rings. The smallest absolute Gasteiger partial charge is 0.0338 e. The van der Waals surface area contributed by atoms with Gasteiger partial charge in [-0.2, -0.15) is 0 Å². The second-order valence-electron chi connectivity index (χ2n) is 4.91. The van der Waals surface area contributed by atoms with Crippen molar-refractivity contribution in [3.63, 3.8) is 0 Å². The number of alkyl halides is 1. The first-order chi connectivity index (χ1) is 6.02. The summed E-state index contributed by atoms with van der Waals surface area (Å²) in [4.78, 5) is 0. The summed E-state index contributed by atoms with van der Waals surface area (Å²) in [6.45, 7) is 9.05. The van der Waals surface area contributed by atoms with E-state index >= 15 is 0 Å². The fraction of sp³-hybridized carbons (Fsp3) is 1.00. The van der Waals surface area contributed by atoms with Gasteiger partial charge in [0.05, 0.1) is 0 Å². The second-order valence-corrected chi connectivity index (χ2v) is 5.52. The molecule has 0 aliphatic heterocycles. The molecule has 80 valence electrons. The number of hydrogen-bond donors (Lipinski definition) is 0. The Kier molecular flexibility index (Phi) is 7.84. The van der Waals surface area contributed by atoms with E-state index in [1.165, 1.54) is 32.1 Å². The lowest BCUT2D eigenvalue weighted by atomic mass is 10.0. The van der Waals surface area contributed by atoms with Crippen molar-refractivity contribution in [2.75, 3.05) is 0 Å². The zero-order valence-electron chi connectivity index (χ0n) is 9.65. The van der Waals surface area contributed by atoms with E-state index in [9.17, 15) is 0 Å². The Bertz CT molecular complexity index is 108. The summed E-state index contributed by atoms with van der Waals surface area (Å²) in [6.07, 6.45) is 6.37. The molecule has 0 aromatic heterocycles. The predicted octanol–water partition coefficient (Wildman–Crippen LogP) is 4.86. The molecule has 0 N–H and O–H groups in total. The molecule has 0 aliphatic carbocycles. The van der Waals surface area contributed by atoms with E-state index < -0.39 is 0 Å². The molecular weight excluding hydrogens is 180 g/mol. The maximum absolute atomic E-state index is 6.19. The van der Waals surface area contributed by atoms with Crippen molar-refractivity contribution in [3.05, 3.63) is 0 Å². The molecule has 0 bridgehead atoms. The molecular formula is C12H25Cl. The summed E-state index contributed by atoms with van der Waals surface area (Å²) in [5.74, 6) is 1.59. The minimum Gasteiger partial charge on any atom is -0.123 e. The normalized spacial score (nSPS) is 14.1. The Morgan fingerprint density at radius 3 is 1.85 bits per heavy atom. The van der Waals surface area contributed by atoms with E-state index in [4.69, 9.17) is 11.6 Å². The van der Waals surface area contributed by atoms with Crippen LogP contribution in [0.1, 0.15) is 59.8 Å². The van der Waals surface area contributed by atoms with Crippen molar-refractivity contribution in [1.82, 2.24) is 0 Å². The van der Waals surface area contributed by atoms with Crippen LogP contribution in [0.2, 0.25) is 0 Å². The van der Waals surface area contributed by atoms with E-state index in [2.05, 4.69) is 27.7 Å². The number of unbranched alkanes of at least 4 members (excludes halogenated alkanes) is 1. The number of halogens is 1. The SMILES string of the molecule is CC(C)CCCCC(Cl)CC(C)C. The summed E-state index contributed by atoms with van der Waals surface area (Å²) in [5, 5.41) is 0.409. The topological polar surface area (TPSA) is 0 Å². The van der Waals surface area contributed by atoms with Gasteiger partial charge in [-0.3, -0.25) is 0 Å². The van der Waals surface area contributed by atoms with Crippen molar-refractivity contribution in [1.29, 1.82) is 0 Å². The molecule has 0 aliphatic rings. The van der Waals surface area contributed by atoms with Crippen LogP contribution in [0.25, 0.3) is 0 Å². The molecule has 0 amide bonds. The molecule has 0 heterocycles. The van der Waals surface area contributed by atoms with Crippen molar-refractivity contribution >= 4 is 11.6 Å². The largest absolute Gasteiger partial charge is 0.123 e.